The van der Waals surface area contributed by atoms with E-state index in [1.54, 1.807) is 0 Å². The van der Waals surface area contributed by atoms with Crippen molar-refractivity contribution in [2.45, 2.75) is 57.1 Å². The van der Waals surface area contributed by atoms with Gasteiger partial charge in [-0.2, -0.15) is 0 Å². The van der Waals surface area contributed by atoms with Crippen molar-refractivity contribution in [3.63, 3.8) is 0 Å². The number of fused-ring (bicyclic) bond motifs is 1. The van der Waals surface area contributed by atoms with Crippen molar-refractivity contribution in [3.8, 4) is 0 Å². The Morgan fingerprint density at radius 3 is 2.74 bits per heavy atom. The number of amides is 1. The summed E-state index contributed by atoms with van der Waals surface area (Å²) in [6.07, 6.45) is 6.88. The first-order valence-electron chi connectivity index (χ1n) is 7.35. The summed E-state index contributed by atoms with van der Waals surface area (Å²) in [6.45, 7) is 0. The van der Waals surface area contributed by atoms with Gasteiger partial charge in [0.1, 0.15) is 0 Å². The monoisotopic (exact) mass is 259 g/mol. The summed E-state index contributed by atoms with van der Waals surface area (Å²) in [6, 6.07) is 5.94. The third kappa shape index (κ3) is 2.66. The molecule has 0 radical (unpaired) electrons. The molecule has 1 fully saturated rings. The van der Waals surface area contributed by atoms with Crippen LogP contribution in [-0.2, 0) is 12.8 Å². The van der Waals surface area contributed by atoms with E-state index in [-0.39, 0.29) is 18.1 Å². The predicted octanol–water partition coefficient (Wildman–Crippen LogP) is 2.21. The summed E-state index contributed by atoms with van der Waals surface area (Å²) in [4.78, 5) is 12.2. The molecule has 1 aromatic carbocycles. The number of aliphatic hydroxyl groups excluding tert-OH is 1. The SMILES string of the molecule is O=C(N[C@H]1CCCC[C@@H]1O)c1ccc2c(c1)CCC2. The minimum absolute atomic E-state index is 0.0411. The van der Waals surface area contributed by atoms with E-state index in [2.05, 4.69) is 11.4 Å². The van der Waals surface area contributed by atoms with Crippen LogP contribution in [0.1, 0.15) is 53.6 Å². The number of carbonyl (C=O) groups is 1. The average molecular weight is 259 g/mol. The van der Waals surface area contributed by atoms with E-state index in [4.69, 9.17) is 0 Å². The van der Waals surface area contributed by atoms with Crippen molar-refractivity contribution in [2.75, 3.05) is 0 Å². The molecule has 0 heterocycles. The topological polar surface area (TPSA) is 49.3 Å². The normalized spacial score (nSPS) is 25.9. The number of nitrogens with one attached hydrogen (secondary N) is 1. The third-order valence-corrected chi connectivity index (χ3v) is 4.41. The van der Waals surface area contributed by atoms with Crippen molar-refractivity contribution in [3.05, 3.63) is 34.9 Å². The molecule has 0 aromatic heterocycles. The summed E-state index contributed by atoms with van der Waals surface area (Å²) in [5.74, 6) is -0.0411. The Balaban J connectivity index is 1.70. The zero-order valence-corrected chi connectivity index (χ0v) is 11.2. The Morgan fingerprint density at radius 1 is 1.11 bits per heavy atom. The number of rotatable bonds is 2. The lowest BCUT2D eigenvalue weighted by molar-refractivity contribution is 0.0717. The van der Waals surface area contributed by atoms with E-state index >= 15 is 0 Å². The van der Waals surface area contributed by atoms with Crippen LogP contribution in [0, 0.1) is 0 Å². The van der Waals surface area contributed by atoms with Crippen LogP contribution < -0.4 is 5.32 Å². The minimum Gasteiger partial charge on any atom is -0.391 e. The predicted molar refractivity (Wildman–Crippen MR) is 74.2 cm³/mol. The van der Waals surface area contributed by atoms with Gasteiger partial charge < -0.3 is 10.4 Å². The van der Waals surface area contributed by atoms with Crippen LogP contribution in [0.15, 0.2) is 18.2 Å². The molecule has 102 valence electrons. The lowest BCUT2D eigenvalue weighted by atomic mass is 9.92. The van der Waals surface area contributed by atoms with Crippen molar-refractivity contribution < 1.29 is 9.90 Å². The number of carbonyl (C=O) groups excluding carboxylic acids is 1. The molecule has 2 N–H and O–H groups in total. The summed E-state index contributed by atoms with van der Waals surface area (Å²) in [7, 11) is 0. The molecule has 2 aliphatic rings. The molecule has 1 amide bonds. The van der Waals surface area contributed by atoms with E-state index in [1.165, 1.54) is 17.5 Å². The molecule has 0 spiro atoms. The summed E-state index contributed by atoms with van der Waals surface area (Å²) < 4.78 is 0. The number of benzene rings is 1. The molecule has 3 heteroatoms. The van der Waals surface area contributed by atoms with Gasteiger partial charge in [-0.3, -0.25) is 4.79 Å². The molecule has 0 bridgehead atoms. The van der Waals surface area contributed by atoms with Gasteiger partial charge in [0, 0.05) is 5.56 Å². The summed E-state index contributed by atoms with van der Waals surface area (Å²) in [5, 5.41) is 12.9. The zero-order valence-electron chi connectivity index (χ0n) is 11.2. The number of aliphatic hydroxyl groups is 1. The van der Waals surface area contributed by atoms with E-state index in [9.17, 15) is 9.90 Å². The molecule has 0 aliphatic heterocycles. The van der Waals surface area contributed by atoms with E-state index in [1.807, 2.05) is 12.1 Å². The van der Waals surface area contributed by atoms with E-state index in [0.717, 1.165) is 44.1 Å². The first-order valence-corrected chi connectivity index (χ1v) is 7.35. The van der Waals surface area contributed by atoms with Crippen LogP contribution in [0.5, 0.6) is 0 Å². The Hall–Kier alpha value is -1.35. The molecule has 19 heavy (non-hydrogen) atoms. The number of aryl methyl sites for hydroxylation is 2. The van der Waals surface area contributed by atoms with Gasteiger partial charge in [0.05, 0.1) is 12.1 Å². The van der Waals surface area contributed by atoms with Gasteiger partial charge in [0.15, 0.2) is 0 Å². The Labute approximate surface area is 114 Å². The van der Waals surface area contributed by atoms with E-state index in [0.29, 0.717) is 0 Å². The first-order chi connectivity index (χ1) is 9.24. The maximum absolute atomic E-state index is 12.2. The second-order valence-electron chi connectivity index (χ2n) is 5.77. The Kier molecular flexibility index (Phi) is 3.56. The van der Waals surface area contributed by atoms with Gasteiger partial charge in [0.25, 0.3) is 5.91 Å². The molecule has 3 rings (SSSR count). The highest BCUT2D eigenvalue weighted by atomic mass is 16.3. The van der Waals surface area contributed by atoms with E-state index < -0.39 is 0 Å². The fourth-order valence-corrected chi connectivity index (χ4v) is 3.24. The molecule has 1 saturated carbocycles. The van der Waals surface area contributed by atoms with Crippen LogP contribution in [0.3, 0.4) is 0 Å². The zero-order chi connectivity index (χ0) is 13.2. The average Bonchev–Trinajstić information content (AvgIpc) is 2.88. The first kappa shape index (κ1) is 12.7. The Bertz CT molecular complexity index is 484. The van der Waals surface area contributed by atoms with Gasteiger partial charge in [-0.25, -0.2) is 0 Å². The third-order valence-electron chi connectivity index (χ3n) is 4.41. The lowest BCUT2D eigenvalue weighted by Crippen LogP contribution is -2.45. The second kappa shape index (κ2) is 5.33. The maximum Gasteiger partial charge on any atom is 0.251 e. The summed E-state index contributed by atoms with van der Waals surface area (Å²) in [5.41, 5.74) is 3.43. The van der Waals surface area contributed by atoms with Crippen molar-refractivity contribution in [1.29, 1.82) is 0 Å². The second-order valence-corrected chi connectivity index (χ2v) is 5.77. The van der Waals surface area contributed by atoms with Gasteiger partial charge in [-0.15, -0.1) is 0 Å². The maximum atomic E-state index is 12.2. The fourth-order valence-electron chi connectivity index (χ4n) is 3.24. The Morgan fingerprint density at radius 2 is 1.89 bits per heavy atom. The van der Waals surface area contributed by atoms with Crippen LogP contribution in [0.4, 0.5) is 0 Å². The smallest absolute Gasteiger partial charge is 0.251 e. The van der Waals surface area contributed by atoms with Crippen molar-refractivity contribution >= 4 is 5.91 Å². The van der Waals surface area contributed by atoms with Crippen molar-refractivity contribution in [2.24, 2.45) is 0 Å². The minimum atomic E-state index is -0.382. The van der Waals surface area contributed by atoms with Crippen LogP contribution in [0.2, 0.25) is 0 Å². The molecule has 0 saturated heterocycles. The molecular weight excluding hydrogens is 238 g/mol. The number of hydrogen-bond acceptors (Lipinski definition) is 2. The standard InChI is InChI=1S/C16H21NO2/c18-15-7-2-1-6-14(15)17-16(19)13-9-8-11-4-3-5-12(11)10-13/h8-10,14-15,18H,1-7H2,(H,17,19)/t14-,15-/m0/s1. The van der Waals surface area contributed by atoms with Crippen molar-refractivity contribution in [1.82, 2.24) is 5.32 Å². The van der Waals surface area contributed by atoms with Gasteiger partial charge in [-0.1, -0.05) is 18.9 Å². The largest absolute Gasteiger partial charge is 0.391 e. The summed E-state index contributed by atoms with van der Waals surface area (Å²) >= 11 is 0. The molecule has 1 aromatic rings. The number of hydrogen-bond donors (Lipinski definition) is 2. The molecule has 2 aliphatic carbocycles. The van der Waals surface area contributed by atoms with Crippen LogP contribution >= 0.6 is 0 Å². The van der Waals surface area contributed by atoms with Crippen LogP contribution in [-0.4, -0.2) is 23.2 Å². The van der Waals surface area contributed by atoms with Gasteiger partial charge in [-0.05, 0) is 55.4 Å². The molecule has 2 atom stereocenters. The quantitative estimate of drug-likeness (QED) is 0.855. The highest BCUT2D eigenvalue weighted by molar-refractivity contribution is 5.94. The molecule has 0 unspecified atom stereocenters. The highest BCUT2D eigenvalue weighted by Gasteiger charge is 2.25. The van der Waals surface area contributed by atoms with Crippen LogP contribution in [0.25, 0.3) is 0 Å². The van der Waals surface area contributed by atoms with Gasteiger partial charge >= 0.3 is 0 Å². The lowest BCUT2D eigenvalue weighted by Gasteiger charge is -2.28. The molecule has 3 nitrogen and oxygen atoms in total. The van der Waals surface area contributed by atoms with Gasteiger partial charge in [0.2, 0.25) is 0 Å². The molecular formula is C16H21NO2. The highest BCUT2D eigenvalue weighted by Crippen LogP contribution is 2.23. The fraction of sp³-hybridized carbons (Fsp3) is 0.562.